The standard InChI is InChI=1S/C10H12O2.C2H6/c1-3-12-10-7-5-4-6-9(10)8(2)11;1-2/h4-7,11H,2-3H2,1H3;1-2H3. The maximum Gasteiger partial charge on any atom is 0.130 e. The van der Waals surface area contributed by atoms with Gasteiger partial charge in [-0.05, 0) is 19.1 Å². The highest BCUT2D eigenvalue weighted by molar-refractivity contribution is 5.62. The summed E-state index contributed by atoms with van der Waals surface area (Å²) in [6.07, 6.45) is 0. The van der Waals surface area contributed by atoms with E-state index < -0.39 is 0 Å². The van der Waals surface area contributed by atoms with Crippen molar-refractivity contribution >= 4 is 5.76 Å². The molecule has 0 heterocycles. The zero-order chi connectivity index (χ0) is 11.0. The smallest absolute Gasteiger partial charge is 0.130 e. The third-order valence-corrected chi connectivity index (χ3v) is 1.50. The molecule has 1 rings (SSSR count). The molecule has 0 fully saturated rings. The normalized spacial score (nSPS) is 8.50. The second kappa shape index (κ2) is 7.01. The number of para-hydroxylation sites is 1. The van der Waals surface area contributed by atoms with E-state index in [1.807, 2.05) is 32.9 Å². The molecule has 1 aromatic carbocycles. The minimum atomic E-state index is 0.0408. The van der Waals surface area contributed by atoms with Crippen LogP contribution in [0.5, 0.6) is 5.75 Å². The van der Waals surface area contributed by atoms with Crippen molar-refractivity contribution in [3.05, 3.63) is 36.4 Å². The van der Waals surface area contributed by atoms with Gasteiger partial charge in [0.05, 0.1) is 12.2 Å². The van der Waals surface area contributed by atoms with Crippen LogP contribution in [0.3, 0.4) is 0 Å². The summed E-state index contributed by atoms with van der Waals surface area (Å²) in [6, 6.07) is 7.27. The van der Waals surface area contributed by atoms with Gasteiger partial charge in [-0.3, -0.25) is 0 Å². The van der Waals surface area contributed by atoms with Crippen LogP contribution in [0.25, 0.3) is 5.76 Å². The highest BCUT2D eigenvalue weighted by Gasteiger charge is 2.03. The Bertz CT molecular complexity index is 279. The third-order valence-electron chi connectivity index (χ3n) is 1.50. The largest absolute Gasteiger partial charge is 0.508 e. The molecule has 2 heteroatoms. The van der Waals surface area contributed by atoms with Crippen LogP contribution >= 0.6 is 0 Å². The van der Waals surface area contributed by atoms with Crippen molar-refractivity contribution in [1.82, 2.24) is 0 Å². The van der Waals surface area contributed by atoms with Gasteiger partial charge in [0.1, 0.15) is 11.5 Å². The van der Waals surface area contributed by atoms with Gasteiger partial charge in [-0.1, -0.05) is 32.6 Å². The van der Waals surface area contributed by atoms with Crippen LogP contribution in [0.4, 0.5) is 0 Å². The van der Waals surface area contributed by atoms with Crippen LogP contribution in [0.15, 0.2) is 30.8 Å². The minimum absolute atomic E-state index is 0.0408. The molecule has 0 amide bonds. The maximum atomic E-state index is 9.16. The van der Waals surface area contributed by atoms with Crippen molar-refractivity contribution < 1.29 is 9.84 Å². The molecule has 0 saturated heterocycles. The van der Waals surface area contributed by atoms with Crippen molar-refractivity contribution in [2.45, 2.75) is 20.8 Å². The third kappa shape index (κ3) is 3.52. The van der Waals surface area contributed by atoms with Gasteiger partial charge in [0.15, 0.2) is 0 Å². The van der Waals surface area contributed by atoms with Crippen LogP contribution in [-0.4, -0.2) is 11.7 Å². The molecule has 0 aliphatic carbocycles. The molecule has 1 aromatic rings. The number of hydrogen-bond donors (Lipinski definition) is 1. The van der Waals surface area contributed by atoms with E-state index in [0.29, 0.717) is 17.9 Å². The summed E-state index contributed by atoms with van der Waals surface area (Å²) in [5.74, 6) is 0.714. The Kier molecular flexibility index (Phi) is 6.29. The van der Waals surface area contributed by atoms with Crippen molar-refractivity contribution in [2.24, 2.45) is 0 Å². The molecular formula is C12H18O2. The highest BCUT2D eigenvalue weighted by atomic mass is 16.5. The zero-order valence-electron chi connectivity index (χ0n) is 9.08. The van der Waals surface area contributed by atoms with Gasteiger partial charge in [-0.2, -0.15) is 0 Å². The molecule has 0 saturated carbocycles. The molecule has 0 aliphatic rings. The van der Waals surface area contributed by atoms with E-state index in [9.17, 15) is 0 Å². The first-order valence-electron chi connectivity index (χ1n) is 4.85. The number of benzene rings is 1. The highest BCUT2D eigenvalue weighted by Crippen LogP contribution is 2.22. The lowest BCUT2D eigenvalue weighted by Crippen LogP contribution is -1.95. The predicted octanol–water partition coefficient (Wildman–Crippen LogP) is 3.64. The maximum absolute atomic E-state index is 9.16. The number of ether oxygens (including phenoxy) is 1. The Morgan fingerprint density at radius 1 is 1.36 bits per heavy atom. The Hall–Kier alpha value is -1.44. The molecular weight excluding hydrogens is 176 g/mol. The number of hydrogen-bond acceptors (Lipinski definition) is 2. The average molecular weight is 194 g/mol. The van der Waals surface area contributed by atoms with E-state index in [1.54, 1.807) is 12.1 Å². The fourth-order valence-corrected chi connectivity index (χ4v) is 0.986. The van der Waals surface area contributed by atoms with E-state index in [0.717, 1.165) is 0 Å². The summed E-state index contributed by atoms with van der Waals surface area (Å²) in [6.45, 7) is 9.93. The number of aliphatic hydroxyl groups excluding tert-OH is 1. The van der Waals surface area contributed by atoms with Crippen LogP contribution in [0, 0.1) is 0 Å². The van der Waals surface area contributed by atoms with Crippen LogP contribution in [0.1, 0.15) is 26.3 Å². The van der Waals surface area contributed by atoms with Gasteiger partial charge in [-0.25, -0.2) is 0 Å². The first-order valence-corrected chi connectivity index (χ1v) is 4.85. The lowest BCUT2D eigenvalue weighted by Gasteiger charge is -2.07. The molecule has 1 N–H and O–H groups in total. The quantitative estimate of drug-likeness (QED) is 0.744. The molecule has 0 unspecified atom stereocenters. The van der Waals surface area contributed by atoms with Gasteiger partial charge in [0.25, 0.3) is 0 Å². The Labute approximate surface area is 85.8 Å². The van der Waals surface area contributed by atoms with E-state index in [4.69, 9.17) is 9.84 Å². The van der Waals surface area contributed by atoms with Crippen molar-refractivity contribution in [3.63, 3.8) is 0 Å². The second-order valence-electron chi connectivity index (χ2n) is 2.38. The molecule has 2 nitrogen and oxygen atoms in total. The molecule has 78 valence electrons. The minimum Gasteiger partial charge on any atom is -0.508 e. The molecule has 0 aromatic heterocycles. The SMILES string of the molecule is C=C(O)c1ccccc1OCC.CC. The average Bonchev–Trinajstić information content (AvgIpc) is 2.22. The second-order valence-corrected chi connectivity index (χ2v) is 2.38. The van der Waals surface area contributed by atoms with Gasteiger partial charge >= 0.3 is 0 Å². The molecule has 0 bridgehead atoms. The Morgan fingerprint density at radius 2 is 1.93 bits per heavy atom. The first kappa shape index (κ1) is 12.6. The molecule has 0 radical (unpaired) electrons. The monoisotopic (exact) mass is 194 g/mol. The van der Waals surface area contributed by atoms with Crippen LogP contribution in [0.2, 0.25) is 0 Å². The number of rotatable bonds is 3. The lowest BCUT2D eigenvalue weighted by molar-refractivity contribution is 0.337. The predicted molar refractivity (Wildman–Crippen MR) is 60.6 cm³/mol. The first-order chi connectivity index (χ1) is 6.75. The summed E-state index contributed by atoms with van der Waals surface area (Å²) in [5, 5.41) is 9.16. The van der Waals surface area contributed by atoms with E-state index >= 15 is 0 Å². The van der Waals surface area contributed by atoms with Crippen molar-refractivity contribution in [3.8, 4) is 5.75 Å². The summed E-state index contributed by atoms with van der Waals surface area (Å²) < 4.78 is 5.28. The van der Waals surface area contributed by atoms with Gasteiger partial charge < -0.3 is 9.84 Å². The summed E-state index contributed by atoms with van der Waals surface area (Å²) in [7, 11) is 0. The van der Waals surface area contributed by atoms with Crippen LogP contribution in [-0.2, 0) is 0 Å². The van der Waals surface area contributed by atoms with E-state index in [2.05, 4.69) is 6.58 Å². The number of aliphatic hydroxyl groups is 1. The Balaban J connectivity index is 0.000000791. The van der Waals surface area contributed by atoms with Crippen LogP contribution < -0.4 is 4.74 Å². The summed E-state index contributed by atoms with van der Waals surface area (Å²) in [5.41, 5.74) is 0.652. The molecule has 0 aliphatic heterocycles. The zero-order valence-corrected chi connectivity index (χ0v) is 9.08. The summed E-state index contributed by atoms with van der Waals surface area (Å²) >= 11 is 0. The van der Waals surface area contributed by atoms with Gasteiger partial charge in [-0.15, -0.1) is 0 Å². The molecule has 0 atom stereocenters. The van der Waals surface area contributed by atoms with Gasteiger partial charge in [0.2, 0.25) is 0 Å². The van der Waals surface area contributed by atoms with E-state index in [1.165, 1.54) is 0 Å². The Morgan fingerprint density at radius 3 is 2.43 bits per heavy atom. The van der Waals surface area contributed by atoms with Crippen molar-refractivity contribution in [2.75, 3.05) is 6.61 Å². The molecule has 14 heavy (non-hydrogen) atoms. The molecule has 0 spiro atoms. The van der Waals surface area contributed by atoms with Crippen molar-refractivity contribution in [1.29, 1.82) is 0 Å². The van der Waals surface area contributed by atoms with E-state index in [-0.39, 0.29) is 5.76 Å². The fourth-order valence-electron chi connectivity index (χ4n) is 0.986. The summed E-state index contributed by atoms with van der Waals surface area (Å²) in [4.78, 5) is 0. The fraction of sp³-hybridized carbons (Fsp3) is 0.333. The van der Waals surface area contributed by atoms with Gasteiger partial charge in [0, 0.05) is 0 Å². The lowest BCUT2D eigenvalue weighted by atomic mass is 10.2. The topological polar surface area (TPSA) is 29.5 Å².